The monoisotopic (exact) mass is 375 g/mol. The first-order chi connectivity index (χ1) is 11.1. The van der Waals surface area contributed by atoms with Gasteiger partial charge in [-0.25, -0.2) is 4.98 Å². The molecule has 1 aliphatic rings. The van der Waals surface area contributed by atoms with Crippen LogP contribution in [0.2, 0.25) is 0 Å². The van der Waals surface area contributed by atoms with Crippen LogP contribution >= 0.6 is 15.9 Å². The van der Waals surface area contributed by atoms with Crippen molar-refractivity contribution in [2.45, 2.75) is 18.8 Å². The molecule has 2 aromatic rings. The van der Waals surface area contributed by atoms with Crippen LogP contribution in [-0.4, -0.2) is 42.1 Å². The highest BCUT2D eigenvalue weighted by atomic mass is 79.9. The van der Waals surface area contributed by atoms with E-state index in [1.165, 1.54) is 12.8 Å². The highest BCUT2D eigenvalue weighted by Gasteiger charge is 2.26. The van der Waals surface area contributed by atoms with Gasteiger partial charge >= 0.3 is 0 Å². The molecule has 1 fully saturated rings. The Morgan fingerprint density at radius 3 is 2.74 bits per heavy atom. The van der Waals surface area contributed by atoms with Crippen LogP contribution < -0.4 is 10.6 Å². The van der Waals surface area contributed by atoms with Crippen LogP contribution in [0.1, 0.15) is 24.5 Å². The topological polar surface area (TPSA) is 53.1 Å². The first-order valence-electron chi connectivity index (χ1n) is 7.90. The molecule has 0 amide bonds. The van der Waals surface area contributed by atoms with E-state index in [1.54, 1.807) is 0 Å². The van der Waals surface area contributed by atoms with Crippen molar-refractivity contribution in [2.24, 2.45) is 0 Å². The molecule has 0 aliphatic heterocycles. The number of nitrogens with one attached hydrogen (secondary N) is 2. The predicted molar refractivity (Wildman–Crippen MR) is 98.5 cm³/mol. The number of halogens is 1. The molecule has 1 aromatic carbocycles. The molecule has 1 aromatic heterocycles. The number of hydrogen-bond acceptors (Lipinski definition) is 5. The minimum Gasteiger partial charge on any atom is -0.353 e. The largest absolute Gasteiger partial charge is 0.353 e. The standard InChI is InChI=1S/C17H22BrN5/c1-23(2)9-8-19-17-21-15(12-6-7-12)11-16(22-17)20-14-5-3-4-13(18)10-14/h3-5,10-12H,6-9H2,1-2H3,(H2,19,20,21,22). The summed E-state index contributed by atoms with van der Waals surface area (Å²) in [5.41, 5.74) is 2.14. The summed E-state index contributed by atoms with van der Waals surface area (Å²) < 4.78 is 1.04. The van der Waals surface area contributed by atoms with Crippen molar-refractivity contribution >= 4 is 33.4 Å². The van der Waals surface area contributed by atoms with Gasteiger partial charge in [0, 0.05) is 35.2 Å². The Kier molecular flexibility index (Phi) is 5.13. The zero-order valence-corrected chi connectivity index (χ0v) is 15.1. The van der Waals surface area contributed by atoms with Crippen LogP contribution in [0.15, 0.2) is 34.8 Å². The number of benzene rings is 1. The lowest BCUT2D eigenvalue weighted by Gasteiger charge is -2.13. The van der Waals surface area contributed by atoms with Gasteiger partial charge in [-0.15, -0.1) is 0 Å². The molecular weight excluding hydrogens is 354 g/mol. The van der Waals surface area contributed by atoms with Crippen molar-refractivity contribution in [3.05, 3.63) is 40.5 Å². The van der Waals surface area contributed by atoms with E-state index in [9.17, 15) is 0 Å². The molecule has 2 N–H and O–H groups in total. The number of anilines is 3. The van der Waals surface area contributed by atoms with E-state index >= 15 is 0 Å². The Balaban J connectivity index is 1.76. The summed E-state index contributed by atoms with van der Waals surface area (Å²) in [5, 5.41) is 6.70. The van der Waals surface area contributed by atoms with E-state index in [0.29, 0.717) is 11.9 Å². The van der Waals surface area contributed by atoms with Gasteiger partial charge in [0.25, 0.3) is 0 Å². The minimum atomic E-state index is 0.593. The molecule has 0 spiro atoms. The number of likely N-dealkylation sites (N-methyl/N-ethyl adjacent to an activating group) is 1. The highest BCUT2D eigenvalue weighted by Crippen LogP contribution is 2.40. The van der Waals surface area contributed by atoms with E-state index in [2.05, 4.69) is 61.6 Å². The van der Waals surface area contributed by atoms with Crippen LogP contribution in [0.5, 0.6) is 0 Å². The summed E-state index contributed by atoms with van der Waals surface area (Å²) in [6, 6.07) is 10.2. The highest BCUT2D eigenvalue weighted by molar-refractivity contribution is 9.10. The van der Waals surface area contributed by atoms with Crippen molar-refractivity contribution in [3.8, 4) is 0 Å². The second-order valence-corrected chi connectivity index (χ2v) is 7.06. The molecule has 122 valence electrons. The lowest BCUT2D eigenvalue weighted by atomic mass is 10.2. The maximum absolute atomic E-state index is 4.66. The summed E-state index contributed by atoms with van der Waals surface area (Å²) in [6.07, 6.45) is 2.45. The van der Waals surface area contributed by atoms with Crippen LogP contribution in [0.3, 0.4) is 0 Å². The number of hydrogen-bond donors (Lipinski definition) is 2. The van der Waals surface area contributed by atoms with Gasteiger partial charge in [0.15, 0.2) is 0 Å². The average Bonchev–Trinajstić information content (AvgIpc) is 3.31. The Bertz CT molecular complexity index is 670. The SMILES string of the molecule is CN(C)CCNc1nc(Nc2cccc(Br)c2)cc(C2CC2)n1. The summed E-state index contributed by atoms with van der Waals surface area (Å²) in [7, 11) is 4.12. The van der Waals surface area contributed by atoms with Crippen LogP contribution in [-0.2, 0) is 0 Å². The molecule has 1 saturated carbocycles. The molecule has 5 nitrogen and oxygen atoms in total. The molecule has 0 saturated heterocycles. The average molecular weight is 376 g/mol. The fourth-order valence-electron chi connectivity index (χ4n) is 2.30. The van der Waals surface area contributed by atoms with Crippen LogP contribution in [0.4, 0.5) is 17.5 Å². The number of aromatic nitrogens is 2. The lowest BCUT2D eigenvalue weighted by Crippen LogP contribution is -2.21. The predicted octanol–water partition coefficient (Wildman–Crippen LogP) is 3.83. The van der Waals surface area contributed by atoms with Gasteiger partial charge in [-0.3, -0.25) is 0 Å². The Morgan fingerprint density at radius 1 is 1.22 bits per heavy atom. The quantitative estimate of drug-likeness (QED) is 0.769. The zero-order valence-electron chi connectivity index (χ0n) is 13.5. The van der Waals surface area contributed by atoms with Crippen LogP contribution in [0, 0.1) is 0 Å². The van der Waals surface area contributed by atoms with Gasteiger partial charge in [0.1, 0.15) is 5.82 Å². The van der Waals surface area contributed by atoms with E-state index in [0.717, 1.165) is 34.8 Å². The van der Waals surface area contributed by atoms with Gasteiger partial charge < -0.3 is 15.5 Å². The van der Waals surface area contributed by atoms with Gasteiger partial charge in [-0.2, -0.15) is 4.98 Å². The molecule has 3 rings (SSSR count). The Hall–Kier alpha value is -1.66. The number of rotatable bonds is 7. The van der Waals surface area contributed by atoms with Gasteiger partial charge in [-0.05, 0) is 45.1 Å². The maximum Gasteiger partial charge on any atom is 0.224 e. The normalized spacial score (nSPS) is 14.1. The van der Waals surface area contributed by atoms with E-state index in [4.69, 9.17) is 0 Å². The van der Waals surface area contributed by atoms with Crippen molar-refractivity contribution < 1.29 is 0 Å². The molecular formula is C17H22BrN5. The second-order valence-electron chi connectivity index (χ2n) is 6.14. The molecule has 6 heteroatoms. The van der Waals surface area contributed by atoms with Gasteiger partial charge in [0.05, 0.1) is 5.69 Å². The maximum atomic E-state index is 4.66. The smallest absolute Gasteiger partial charge is 0.224 e. The number of nitrogens with zero attached hydrogens (tertiary/aromatic N) is 3. The molecule has 23 heavy (non-hydrogen) atoms. The third kappa shape index (κ3) is 4.91. The third-order valence-electron chi connectivity index (χ3n) is 3.68. The second kappa shape index (κ2) is 7.27. The van der Waals surface area contributed by atoms with Crippen molar-refractivity contribution in [3.63, 3.8) is 0 Å². The minimum absolute atomic E-state index is 0.593. The fraction of sp³-hybridized carbons (Fsp3) is 0.412. The zero-order chi connectivity index (χ0) is 16.2. The summed E-state index contributed by atoms with van der Waals surface area (Å²) >= 11 is 3.50. The molecule has 0 unspecified atom stereocenters. The van der Waals surface area contributed by atoms with E-state index in [1.807, 2.05) is 24.3 Å². The van der Waals surface area contributed by atoms with Crippen LogP contribution in [0.25, 0.3) is 0 Å². The molecule has 0 bridgehead atoms. The Labute approximate surface area is 145 Å². The van der Waals surface area contributed by atoms with Gasteiger partial charge in [-0.1, -0.05) is 22.0 Å². The van der Waals surface area contributed by atoms with E-state index < -0.39 is 0 Å². The molecule has 0 atom stereocenters. The first-order valence-corrected chi connectivity index (χ1v) is 8.69. The summed E-state index contributed by atoms with van der Waals surface area (Å²) in [5.74, 6) is 2.14. The summed E-state index contributed by atoms with van der Waals surface area (Å²) in [6.45, 7) is 1.78. The Morgan fingerprint density at radius 2 is 2.04 bits per heavy atom. The lowest BCUT2D eigenvalue weighted by molar-refractivity contribution is 0.425. The first kappa shape index (κ1) is 16.2. The van der Waals surface area contributed by atoms with Crippen molar-refractivity contribution in [1.82, 2.24) is 14.9 Å². The van der Waals surface area contributed by atoms with Crippen molar-refractivity contribution in [2.75, 3.05) is 37.8 Å². The third-order valence-corrected chi connectivity index (χ3v) is 4.17. The molecule has 1 heterocycles. The van der Waals surface area contributed by atoms with Gasteiger partial charge in [0.2, 0.25) is 5.95 Å². The molecule has 1 aliphatic carbocycles. The molecule has 0 radical (unpaired) electrons. The van der Waals surface area contributed by atoms with Crippen molar-refractivity contribution in [1.29, 1.82) is 0 Å². The summed E-state index contributed by atoms with van der Waals surface area (Å²) in [4.78, 5) is 11.4. The fourth-order valence-corrected chi connectivity index (χ4v) is 2.70. The van der Waals surface area contributed by atoms with E-state index in [-0.39, 0.29) is 0 Å².